The van der Waals surface area contributed by atoms with Crippen LogP contribution in [0.3, 0.4) is 0 Å². The van der Waals surface area contributed by atoms with Crippen molar-refractivity contribution < 1.29 is 37.3 Å². The van der Waals surface area contributed by atoms with Crippen LogP contribution in [-0.4, -0.2) is 29.8 Å². The van der Waals surface area contributed by atoms with E-state index in [1.54, 1.807) is 43.7 Å². The molecule has 0 aliphatic rings. The lowest BCUT2D eigenvalue weighted by atomic mass is 10.0. The summed E-state index contributed by atoms with van der Waals surface area (Å²) in [7, 11) is 1.57. The molecule has 1 N–H and O–H groups in total. The van der Waals surface area contributed by atoms with Gasteiger partial charge in [0.1, 0.15) is 28.9 Å². The van der Waals surface area contributed by atoms with Crippen molar-refractivity contribution in [3.8, 4) is 39.6 Å². The van der Waals surface area contributed by atoms with Gasteiger partial charge in [-0.05, 0) is 54.4 Å². The molecule has 0 saturated heterocycles. The monoisotopic (exact) mass is 529 g/mol. The Morgan fingerprint density at radius 3 is 2.27 bits per heavy atom. The molecule has 0 saturated carbocycles. The number of alkyl halides is 3. The fourth-order valence-corrected chi connectivity index (χ4v) is 4.27. The molecule has 4 rings (SSSR count). The Labute approximate surface area is 214 Å². The van der Waals surface area contributed by atoms with E-state index in [2.05, 4.69) is 4.98 Å². The van der Waals surface area contributed by atoms with Crippen molar-refractivity contribution in [3.63, 3.8) is 0 Å². The number of halogens is 3. The highest BCUT2D eigenvalue weighted by Gasteiger charge is 2.30. The highest BCUT2D eigenvalue weighted by molar-refractivity contribution is 7.09. The van der Waals surface area contributed by atoms with Gasteiger partial charge in [0.05, 0.1) is 18.4 Å². The molecule has 3 aromatic carbocycles. The average molecular weight is 530 g/mol. The van der Waals surface area contributed by atoms with Crippen molar-refractivity contribution in [3.05, 3.63) is 82.2 Å². The van der Waals surface area contributed by atoms with Gasteiger partial charge in [0.15, 0.2) is 6.61 Å². The molecule has 0 fully saturated rings. The number of hydrogen-bond acceptors (Lipinski definition) is 6. The van der Waals surface area contributed by atoms with Gasteiger partial charge in [0, 0.05) is 16.5 Å². The largest absolute Gasteiger partial charge is 0.497 e. The van der Waals surface area contributed by atoms with Gasteiger partial charge in [0.2, 0.25) is 0 Å². The smallest absolute Gasteiger partial charge is 0.416 e. The van der Waals surface area contributed by atoms with E-state index >= 15 is 0 Å². The molecule has 6 nitrogen and oxygen atoms in total. The number of ether oxygens (including phenoxy) is 3. The lowest BCUT2D eigenvalue weighted by molar-refractivity contribution is -0.139. The number of carboxylic acid groups (broad SMARTS) is 1. The van der Waals surface area contributed by atoms with Gasteiger partial charge in [0.25, 0.3) is 0 Å². The molecular weight excluding hydrogens is 507 g/mol. The molecule has 4 aromatic rings. The van der Waals surface area contributed by atoms with Crippen molar-refractivity contribution in [2.24, 2.45) is 0 Å². The molecule has 37 heavy (non-hydrogen) atoms. The molecule has 10 heteroatoms. The molecule has 192 valence electrons. The number of nitrogens with zero attached hydrogens (tertiary/aromatic N) is 1. The van der Waals surface area contributed by atoms with Gasteiger partial charge in [-0.1, -0.05) is 24.3 Å². The van der Waals surface area contributed by atoms with Crippen LogP contribution in [0, 0.1) is 6.92 Å². The molecule has 0 radical (unpaired) electrons. The first-order chi connectivity index (χ1) is 17.6. The second-order valence-electron chi connectivity index (χ2n) is 8.02. The second-order valence-corrected chi connectivity index (χ2v) is 8.96. The predicted molar refractivity (Wildman–Crippen MR) is 133 cm³/mol. The lowest BCUT2D eigenvalue weighted by Crippen LogP contribution is -2.10. The van der Waals surface area contributed by atoms with Crippen molar-refractivity contribution >= 4 is 17.3 Å². The minimum atomic E-state index is -4.40. The fraction of sp³-hybridized carbons (Fsp3) is 0.185. The number of methoxy groups -OCH3 is 1. The quantitative estimate of drug-likeness (QED) is 0.255. The summed E-state index contributed by atoms with van der Waals surface area (Å²) in [4.78, 5) is 15.5. The minimum Gasteiger partial charge on any atom is -0.497 e. The number of carboxylic acids is 1. The van der Waals surface area contributed by atoms with Crippen molar-refractivity contribution in [2.75, 3.05) is 13.7 Å². The van der Waals surface area contributed by atoms with E-state index < -0.39 is 24.3 Å². The van der Waals surface area contributed by atoms with Crippen LogP contribution in [-0.2, 0) is 17.6 Å². The summed E-state index contributed by atoms with van der Waals surface area (Å²) in [5.74, 6) is 0.550. The number of aliphatic carboxylic acids is 1. The van der Waals surface area contributed by atoms with Crippen LogP contribution in [0.5, 0.6) is 17.2 Å². The number of aromatic nitrogens is 1. The number of carbonyl (C=O) groups is 1. The Morgan fingerprint density at radius 2 is 1.65 bits per heavy atom. The molecule has 1 heterocycles. The summed E-state index contributed by atoms with van der Waals surface area (Å²) in [5, 5.41) is 11.4. The zero-order valence-electron chi connectivity index (χ0n) is 19.8. The Balaban J connectivity index is 1.57. The number of aryl methyl sites for hydroxylation is 1. The Kier molecular flexibility index (Phi) is 7.68. The molecule has 0 aliphatic heterocycles. The van der Waals surface area contributed by atoms with E-state index in [-0.39, 0.29) is 6.61 Å². The number of benzene rings is 3. The number of thiazole rings is 1. The molecule has 0 spiro atoms. The van der Waals surface area contributed by atoms with Crippen LogP contribution in [0.4, 0.5) is 13.2 Å². The maximum atomic E-state index is 12.8. The third-order valence-corrected chi connectivity index (χ3v) is 6.26. The van der Waals surface area contributed by atoms with Gasteiger partial charge < -0.3 is 19.3 Å². The first-order valence-corrected chi connectivity index (χ1v) is 11.9. The van der Waals surface area contributed by atoms with Gasteiger partial charge in [-0.3, -0.25) is 0 Å². The molecule has 0 amide bonds. The summed E-state index contributed by atoms with van der Waals surface area (Å²) in [6.07, 6.45) is -4.40. The second kappa shape index (κ2) is 10.9. The standard InChI is InChI=1S/C27H22F3NO5S/c1-16-11-24(21(12-23(16)36-14-26(32)33)17-5-9-20(34-2)10-6-17)35-13-25-31-22(15-37-25)18-3-7-19(8-4-18)27(28,29)30/h3-12,15H,13-14H2,1-2H3,(H,32,33). The first-order valence-electron chi connectivity index (χ1n) is 11.0. The fourth-order valence-electron chi connectivity index (χ4n) is 3.55. The topological polar surface area (TPSA) is 77.9 Å². The van der Waals surface area contributed by atoms with Crippen LogP contribution in [0.1, 0.15) is 16.1 Å². The summed E-state index contributed by atoms with van der Waals surface area (Å²) in [6, 6.07) is 15.6. The third-order valence-electron chi connectivity index (χ3n) is 5.44. The normalized spacial score (nSPS) is 11.3. The van der Waals surface area contributed by atoms with Crippen LogP contribution >= 0.6 is 11.3 Å². The molecule has 0 bridgehead atoms. The van der Waals surface area contributed by atoms with E-state index in [0.29, 0.717) is 44.6 Å². The van der Waals surface area contributed by atoms with Crippen LogP contribution < -0.4 is 14.2 Å². The summed E-state index contributed by atoms with van der Waals surface area (Å²) in [6.45, 7) is 1.44. The lowest BCUT2D eigenvalue weighted by Gasteiger charge is -2.16. The van der Waals surface area contributed by atoms with E-state index in [4.69, 9.17) is 19.3 Å². The third kappa shape index (κ3) is 6.39. The summed E-state index contributed by atoms with van der Waals surface area (Å²) in [5.41, 5.74) is 2.60. The van der Waals surface area contributed by atoms with Crippen LogP contribution in [0.2, 0.25) is 0 Å². The SMILES string of the molecule is COc1ccc(-c2cc(OCC(=O)O)c(C)cc2OCc2nc(-c3ccc(C(F)(F)F)cc3)cs2)cc1. The van der Waals surface area contributed by atoms with Gasteiger partial charge in [-0.2, -0.15) is 13.2 Å². The summed E-state index contributed by atoms with van der Waals surface area (Å²) >= 11 is 1.33. The van der Waals surface area contributed by atoms with Crippen molar-refractivity contribution in [2.45, 2.75) is 19.7 Å². The number of hydrogen-bond donors (Lipinski definition) is 1. The van der Waals surface area contributed by atoms with E-state index in [1.165, 1.54) is 23.5 Å². The molecular formula is C27H22F3NO5S. The van der Waals surface area contributed by atoms with E-state index in [1.807, 2.05) is 12.1 Å². The van der Waals surface area contributed by atoms with Crippen molar-refractivity contribution in [1.82, 2.24) is 4.98 Å². The first kappa shape index (κ1) is 26.0. The van der Waals surface area contributed by atoms with Crippen LogP contribution in [0.15, 0.2) is 66.0 Å². The molecule has 0 atom stereocenters. The summed E-state index contributed by atoms with van der Waals surface area (Å²) < 4.78 is 55.3. The maximum Gasteiger partial charge on any atom is 0.416 e. The zero-order chi connectivity index (χ0) is 26.6. The van der Waals surface area contributed by atoms with Gasteiger partial charge >= 0.3 is 12.1 Å². The molecule has 0 unspecified atom stereocenters. The Hall–Kier alpha value is -4.05. The predicted octanol–water partition coefficient (Wildman–Crippen LogP) is 6.86. The zero-order valence-corrected chi connectivity index (χ0v) is 20.7. The van der Waals surface area contributed by atoms with Gasteiger partial charge in [-0.25, -0.2) is 9.78 Å². The Bertz CT molecular complexity index is 1380. The van der Waals surface area contributed by atoms with Gasteiger partial charge in [-0.15, -0.1) is 11.3 Å². The number of rotatable bonds is 9. The van der Waals surface area contributed by atoms with Crippen molar-refractivity contribution in [1.29, 1.82) is 0 Å². The highest BCUT2D eigenvalue weighted by atomic mass is 32.1. The van der Waals surface area contributed by atoms with E-state index in [9.17, 15) is 18.0 Å². The average Bonchev–Trinajstić information content (AvgIpc) is 3.35. The minimum absolute atomic E-state index is 0.128. The highest BCUT2D eigenvalue weighted by Crippen LogP contribution is 2.38. The molecule has 0 aliphatic carbocycles. The Morgan fingerprint density at radius 1 is 0.973 bits per heavy atom. The maximum absolute atomic E-state index is 12.8. The van der Waals surface area contributed by atoms with E-state index in [0.717, 1.165) is 17.7 Å². The molecule has 1 aromatic heterocycles. The van der Waals surface area contributed by atoms with Crippen LogP contribution in [0.25, 0.3) is 22.4 Å².